The number of aryl methyl sites for hydroxylation is 1. The first-order valence-corrected chi connectivity index (χ1v) is 10.9. The van der Waals surface area contributed by atoms with Crippen molar-refractivity contribution in [2.75, 3.05) is 18.4 Å². The SMILES string of the molecule is Cc1nccn1-c1ccc(NC(=O)C2CCN(C(=O)c3ccc(Br)cc3)CC2)cc1F. The van der Waals surface area contributed by atoms with Gasteiger partial charge in [-0.2, -0.15) is 0 Å². The van der Waals surface area contributed by atoms with Crippen molar-refractivity contribution in [3.63, 3.8) is 0 Å². The number of likely N-dealkylation sites (tertiary alicyclic amines) is 1. The molecule has 6 nitrogen and oxygen atoms in total. The minimum absolute atomic E-state index is 0.0289. The minimum Gasteiger partial charge on any atom is -0.339 e. The molecular weight excluding hydrogens is 463 g/mol. The third-order valence-electron chi connectivity index (χ3n) is 5.54. The predicted octanol–water partition coefficient (Wildman–Crippen LogP) is 4.57. The second-order valence-corrected chi connectivity index (χ2v) is 8.49. The second-order valence-electron chi connectivity index (χ2n) is 7.57. The van der Waals surface area contributed by atoms with E-state index in [2.05, 4.69) is 26.2 Å². The van der Waals surface area contributed by atoms with Crippen LogP contribution in [0, 0.1) is 18.7 Å². The number of anilines is 1. The number of aromatic nitrogens is 2. The third kappa shape index (κ3) is 4.69. The number of amides is 2. The molecule has 1 N–H and O–H groups in total. The Kier molecular flexibility index (Phi) is 6.18. The highest BCUT2D eigenvalue weighted by Crippen LogP contribution is 2.24. The molecule has 31 heavy (non-hydrogen) atoms. The van der Waals surface area contributed by atoms with Crippen LogP contribution in [-0.2, 0) is 4.79 Å². The van der Waals surface area contributed by atoms with E-state index in [0.717, 1.165) is 4.47 Å². The van der Waals surface area contributed by atoms with Crippen LogP contribution >= 0.6 is 15.9 Å². The lowest BCUT2D eigenvalue weighted by molar-refractivity contribution is -0.121. The number of halogens is 2. The maximum atomic E-state index is 14.6. The van der Waals surface area contributed by atoms with Gasteiger partial charge in [-0.1, -0.05) is 15.9 Å². The van der Waals surface area contributed by atoms with Gasteiger partial charge >= 0.3 is 0 Å². The summed E-state index contributed by atoms with van der Waals surface area (Å²) in [5, 5.41) is 2.81. The van der Waals surface area contributed by atoms with Gasteiger partial charge in [-0.25, -0.2) is 9.37 Å². The summed E-state index contributed by atoms with van der Waals surface area (Å²) >= 11 is 3.37. The molecule has 0 unspecified atom stereocenters. The molecule has 0 aliphatic carbocycles. The number of piperidine rings is 1. The molecule has 2 aromatic carbocycles. The van der Waals surface area contributed by atoms with Gasteiger partial charge in [0, 0.05) is 47.1 Å². The van der Waals surface area contributed by atoms with Gasteiger partial charge in [0.25, 0.3) is 5.91 Å². The van der Waals surface area contributed by atoms with Crippen LogP contribution in [0.15, 0.2) is 59.3 Å². The van der Waals surface area contributed by atoms with Crippen molar-refractivity contribution < 1.29 is 14.0 Å². The van der Waals surface area contributed by atoms with E-state index in [-0.39, 0.29) is 17.7 Å². The number of imidazole rings is 1. The van der Waals surface area contributed by atoms with Crippen LogP contribution in [0.5, 0.6) is 0 Å². The number of carbonyl (C=O) groups is 2. The van der Waals surface area contributed by atoms with Crippen molar-refractivity contribution in [1.29, 1.82) is 0 Å². The van der Waals surface area contributed by atoms with Crippen LogP contribution in [0.25, 0.3) is 5.69 Å². The molecule has 160 valence electrons. The largest absolute Gasteiger partial charge is 0.339 e. The number of nitrogens with one attached hydrogen (secondary N) is 1. The summed E-state index contributed by atoms with van der Waals surface area (Å²) in [6, 6.07) is 11.9. The van der Waals surface area contributed by atoms with E-state index in [0.29, 0.717) is 48.7 Å². The molecular formula is C23H22BrFN4O2. The normalized spacial score (nSPS) is 14.5. The van der Waals surface area contributed by atoms with Gasteiger partial charge < -0.3 is 14.8 Å². The van der Waals surface area contributed by atoms with Gasteiger partial charge in [-0.15, -0.1) is 0 Å². The first kappa shape index (κ1) is 21.2. The topological polar surface area (TPSA) is 67.2 Å². The predicted molar refractivity (Wildman–Crippen MR) is 120 cm³/mol. The minimum atomic E-state index is -0.436. The summed E-state index contributed by atoms with van der Waals surface area (Å²) < 4.78 is 17.1. The molecule has 1 saturated heterocycles. The van der Waals surface area contributed by atoms with Crippen LogP contribution < -0.4 is 5.32 Å². The zero-order valence-corrected chi connectivity index (χ0v) is 18.6. The van der Waals surface area contributed by atoms with Gasteiger partial charge in [0.1, 0.15) is 11.6 Å². The molecule has 0 spiro atoms. The smallest absolute Gasteiger partial charge is 0.253 e. The molecule has 0 bridgehead atoms. The van der Waals surface area contributed by atoms with Crippen molar-refractivity contribution in [3.8, 4) is 5.69 Å². The molecule has 4 rings (SSSR count). The molecule has 3 aromatic rings. The van der Waals surface area contributed by atoms with Gasteiger partial charge in [0.2, 0.25) is 5.91 Å². The number of nitrogens with zero attached hydrogens (tertiary/aromatic N) is 3. The van der Waals surface area contributed by atoms with Gasteiger partial charge in [0.15, 0.2) is 0 Å². The Labute approximate surface area is 188 Å². The average molecular weight is 485 g/mol. The summed E-state index contributed by atoms with van der Waals surface area (Å²) in [7, 11) is 0. The van der Waals surface area contributed by atoms with Crippen LogP contribution in [0.4, 0.5) is 10.1 Å². The molecule has 0 radical (unpaired) electrons. The Hall–Kier alpha value is -3.00. The van der Waals surface area contributed by atoms with Crippen molar-refractivity contribution in [2.45, 2.75) is 19.8 Å². The Bertz CT molecular complexity index is 1110. The fourth-order valence-corrected chi connectivity index (χ4v) is 4.04. The Morgan fingerprint density at radius 3 is 2.45 bits per heavy atom. The molecule has 0 atom stereocenters. The van der Waals surface area contributed by atoms with E-state index in [4.69, 9.17) is 0 Å². The maximum Gasteiger partial charge on any atom is 0.253 e. The number of hydrogen-bond acceptors (Lipinski definition) is 3. The van der Waals surface area contributed by atoms with Crippen molar-refractivity contribution >= 4 is 33.4 Å². The Morgan fingerprint density at radius 2 is 1.84 bits per heavy atom. The molecule has 1 aromatic heterocycles. The Balaban J connectivity index is 1.35. The lowest BCUT2D eigenvalue weighted by atomic mass is 9.95. The number of rotatable bonds is 4. The van der Waals surface area contributed by atoms with Crippen LogP contribution in [-0.4, -0.2) is 39.4 Å². The van der Waals surface area contributed by atoms with E-state index in [1.807, 2.05) is 12.1 Å². The zero-order chi connectivity index (χ0) is 22.0. The standard InChI is InChI=1S/C23H22BrFN4O2/c1-15-26-10-13-29(15)21-7-6-19(14-20(21)25)27-22(30)16-8-11-28(12-9-16)23(31)17-2-4-18(24)5-3-17/h2-7,10,13-14,16H,8-9,11-12H2,1H3,(H,27,30). The zero-order valence-electron chi connectivity index (χ0n) is 17.0. The lowest BCUT2D eigenvalue weighted by Gasteiger charge is -2.31. The van der Waals surface area contributed by atoms with Crippen LogP contribution in [0.2, 0.25) is 0 Å². The molecule has 2 amide bonds. The molecule has 2 heterocycles. The summed E-state index contributed by atoms with van der Waals surface area (Å²) in [4.78, 5) is 31.2. The van der Waals surface area contributed by atoms with E-state index < -0.39 is 5.82 Å². The van der Waals surface area contributed by atoms with E-state index >= 15 is 0 Å². The quantitative estimate of drug-likeness (QED) is 0.589. The van der Waals surface area contributed by atoms with E-state index in [1.165, 1.54) is 6.07 Å². The summed E-state index contributed by atoms with van der Waals surface area (Å²) in [5.74, 6) is -0.151. The highest BCUT2D eigenvalue weighted by molar-refractivity contribution is 9.10. The van der Waals surface area contributed by atoms with E-state index in [1.54, 1.807) is 53.0 Å². The van der Waals surface area contributed by atoms with E-state index in [9.17, 15) is 14.0 Å². The highest BCUT2D eigenvalue weighted by atomic mass is 79.9. The van der Waals surface area contributed by atoms with Gasteiger partial charge in [-0.3, -0.25) is 9.59 Å². The summed E-state index contributed by atoms with van der Waals surface area (Å²) in [5.41, 5.74) is 1.43. The van der Waals surface area contributed by atoms with Gasteiger partial charge in [-0.05, 0) is 62.2 Å². The molecule has 1 aliphatic heterocycles. The molecule has 8 heteroatoms. The molecule has 0 saturated carbocycles. The monoisotopic (exact) mass is 484 g/mol. The number of benzene rings is 2. The van der Waals surface area contributed by atoms with Gasteiger partial charge in [0.05, 0.1) is 5.69 Å². The third-order valence-corrected chi connectivity index (χ3v) is 6.07. The van der Waals surface area contributed by atoms with Crippen molar-refractivity contribution in [1.82, 2.24) is 14.5 Å². The average Bonchev–Trinajstić information content (AvgIpc) is 3.19. The van der Waals surface area contributed by atoms with Crippen LogP contribution in [0.3, 0.4) is 0 Å². The molecule has 1 aliphatic rings. The van der Waals surface area contributed by atoms with Crippen molar-refractivity contribution in [2.24, 2.45) is 5.92 Å². The summed E-state index contributed by atoms with van der Waals surface area (Å²) in [6.07, 6.45) is 4.44. The highest BCUT2D eigenvalue weighted by Gasteiger charge is 2.28. The fraction of sp³-hybridized carbons (Fsp3) is 0.261. The first-order valence-electron chi connectivity index (χ1n) is 10.1. The maximum absolute atomic E-state index is 14.6. The fourth-order valence-electron chi connectivity index (χ4n) is 3.78. The first-order chi connectivity index (χ1) is 14.9. The summed E-state index contributed by atoms with van der Waals surface area (Å²) in [6.45, 7) is 2.82. The number of carbonyl (C=O) groups excluding carboxylic acids is 2. The Morgan fingerprint density at radius 1 is 1.13 bits per heavy atom. The van der Waals surface area contributed by atoms with Crippen LogP contribution in [0.1, 0.15) is 29.0 Å². The molecule has 1 fully saturated rings. The second kappa shape index (κ2) is 9.01. The van der Waals surface area contributed by atoms with Crippen molar-refractivity contribution in [3.05, 3.63) is 76.5 Å². The number of hydrogen-bond donors (Lipinski definition) is 1. The lowest BCUT2D eigenvalue weighted by Crippen LogP contribution is -2.41.